The van der Waals surface area contributed by atoms with Crippen molar-refractivity contribution in [3.05, 3.63) is 15.8 Å². The summed E-state index contributed by atoms with van der Waals surface area (Å²) in [6.07, 6.45) is 3.44. The van der Waals surface area contributed by atoms with E-state index in [0.717, 1.165) is 32.4 Å². The molecule has 1 aromatic heterocycles. The molecule has 0 spiro atoms. The minimum atomic E-state index is -0.279. The molecule has 1 aliphatic heterocycles. The maximum absolute atomic E-state index is 11.5. The summed E-state index contributed by atoms with van der Waals surface area (Å²) < 4.78 is 1.67. The predicted molar refractivity (Wildman–Crippen MR) is 82.8 cm³/mol. The minimum Gasteiger partial charge on any atom is -0.351 e. The van der Waals surface area contributed by atoms with E-state index in [9.17, 15) is 10.1 Å². The fraction of sp³-hybridized carbons (Fsp3) is 0.786. The molecule has 7 nitrogen and oxygen atoms in total. The summed E-state index contributed by atoms with van der Waals surface area (Å²) in [5.74, 6) is 0.654. The molecule has 2 rings (SSSR count). The van der Waals surface area contributed by atoms with Crippen molar-refractivity contribution >= 4 is 11.5 Å². The van der Waals surface area contributed by atoms with Gasteiger partial charge in [-0.3, -0.25) is 10.1 Å². The molecule has 0 bridgehead atoms. The zero-order chi connectivity index (χ0) is 15.6. The van der Waals surface area contributed by atoms with Gasteiger partial charge in [0.25, 0.3) is 0 Å². The molecule has 1 saturated heterocycles. The topological polar surface area (TPSA) is 76.2 Å². The molecular formula is C14H25N5O2. The van der Waals surface area contributed by atoms with Gasteiger partial charge in [0.2, 0.25) is 5.82 Å². The molecule has 1 N–H and O–H groups in total. The summed E-state index contributed by atoms with van der Waals surface area (Å²) >= 11 is 0. The van der Waals surface area contributed by atoms with Gasteiger partial charge in [0.05, 0.1) is 4.92 Å². The van der Waals surface area contributed by atoms with Crippen LogP contribution in [0.15, 0.2) is 0 Å². The maximum atomic E-state index is 11.5. The number of aromatic nitrogens is 2. The Morgan fingerprint density at radius 1 is 1.43 bits per heavy atom. The Labute approximate surface area is 125 Å². The lowest BCUT2D eigenvalue weighted by molar-refractivity contribution is -0.384. The van der Waals surface area contributed by atoms with E-state index in [2.05, 4.69) is 22.2 Å². The summed E-state index contributed by atoms with van der Waals surface area (Å²) in [6.45, 7) is 5.83. The molecule has 0 atom stereocenters. The minimum absolute atomic E-state index is 0.121. The fourth-order valence-corrected chi connectivity index (χ4v) is 2.97. The maximum Gasteiger partial charge on any atom is 0.334 e. The van der Waals surface area contributed by atoms with Gasteiger partial charge in [-0.15, -0.1) is 0 Å². The largest absolute Gasteiger partial charge is 0.351 e. The van der Waals surface area contributed by atoms with Crippen molar-refractivity contribution in [2.24, 2.45) is 7.05 Å². The van der Waals surface area contributed by atoms with Crippen LogP contribution >= 0.6 is 0 Å². The van der Waals surface area contributed by atoms with E-state index in [4.69, 9.17) is 0 Å². The first kappa shape index (κ1) is 15.8. The Kier molecular flexibility index (Phi) is 4.51. The summed E-state index contributed by atoms with van der Waals surface area (Å²) in [6, 6.07) is 0. The SMILES string of the molecule is CCCc1nn(C)c(N2CCC(C)(NC)CC2)c1[N+](=O)[O-]. The van der Waals surface area contributed by atoms with Gasteiger partial charge in [0.15, 0.2) is 0 Å². The number of nitro groups is 1. The van der Waals surface area contributed by atoms with Crippen LogP contribution in [0.25, 0.3) is 0 Å². The Balaban J connectivity index is 2.30. The van der Waals surface area contributed by atoms with Gasteiger partial charge in [-0.1, -0.05) is 13.3 Å². The van der Waals surface area contributed by atoms with Crippen LogP contribution in [0.3, 0.4) is 0 Å². The highest BCUT2D eigenvalue weighted by atomic mass is 16.6. The number of nitrogens with zero attached hydrogens (tertiary/aromatic N) is 4. The summed E-state index contributed by atoms with van der Waals surface area (Å²) in [7, 11) is 3.77. The number of piperidine rings is 1. The van der Waals surface area contributed by atoms with Crippen molar-refractivity contribution in [3.8, 4) is 0 Å². The number of anilines is 1. The average molecular weight is 295 g/mol. The van der Waals surface area contributed by atoms with Crippen molar-refractivity contribution in [1.82, 2.24) is 15.1 Å². The van der Waals surface area contributed by atoms with Crippen LogP contribution in [0.2, 0.25) is 0 Å². The predicted octanol–water partition coefficient (Wildman–Crippen LogP) is 1.86. The first-order valence-corrected chi connectivity index (χ1v) is 7.56. The molecule has 0 amide bonds. The quantitative estimate of drug-likeness (QED) is 0.663. The smallest absolute Gasteiger partial charge is 0.334 e. The van der Waals surface area contributed by atoms with E-state index >= 15 is 0 Å². The lowest BCUT2D eigenvalue weighted by Crippen LogP contribution is -2.50. The van der Waals surface area contributed by atoms with Crippen LogP contribution in [0.1, 0.15) is 38.8 Å². The fourth-order valence-electron chi connectivity index (χ4n) is 2.97. The molecule has 7 heteroatoms. The van der Waals surface area contributed by atoms with Crippen LogP contribution in [-0.2, 0) is 13.5 Å². The van der Waals surface area contributed by atoms with E-state index in [-0.39, 0.29) is 16.1 Å². The van der Waals surface area contributed by atoms with Crippen LogP contribution in [-0.4, -0.2) is 40.4 Å². The summed E-state index contributed by atoms with van der Waals surface area (Å²) in [5.41, 5.74) is 0.908. The average Bonchev–Trinajstić information content (AvgIpc) is 2.77. The molecular weight excluding hydrogens is 270 g/mol. The third kappa shape index (κ3) is 3.02. The summed E-state index contributed by atoms with van der Waals surface area (Å²) in [4.78, 5) is 13.3. The second kappa shape index (κ2) is 6.01. The molecule has 1 fully saturated rings. The second-order valence-electron chi connectivity index (χ2n) is 6.05. The third-order valence-electron chi connectivity index (χ3n) is 4.50. The van der Waals surface area contributed by atoms with Crippen molar-refractivity contribution in [2.45, 2.75) is 45.1 Å². The van der Waals surface area contributed by atoms with Crippen molar-refractivity contribution < 1.29 is 4.92 Å². The van der Waals surface area contributed by atoms with Gasteiger partial charge < -0.3 is 10.2 Å². The first-order valence-electron chi connectivity index (χ1n) is 7.56. The Hall–Kier alpha value is -1.63. The van der Waals surface area contributed by atoms with E-state index < -0.39 is 0 Å². The van der Waals surface area contributed by atoms with Crippen molar-refractivity contribution in [1.29, 1.82) is 0 Å². The van der Waals surface area contributed by atoms with Gasteiger partial charge >= 0.3 is 5.69 Å². The number of aryl methyl sites for hydroxylation is 2. The highest BCUT2D eigenvalue weighted by Crippen LogP contribution is 2.35. The van der Waals surface area contributed by atoms with Crippen LogP contribution in [0.5, 0.6) is 0 Å². The third-order valence-corrected chi connectivity index (χ3v) is 4.50. The Morgan fingerprint density at radius 3 is 2.52 bits per heavy atom. The molecule has 0 unspecified atom stereocenters. The van der Waals surface area contributed by atoms with Crippen molar-refractivity contribution in [3.63, 3.8) is 0 Å². The van der Waals surface area contributed by atoms with E-state index in [1.165, 1.54) is 0 Å². The molecule has 0 saturated carbocycles. The number of hydrogen-bond acceptors (Lipinski definition) is 5. The number of rotatable bonds is 5. The van der Waals surface area contributed by atoms with E-state index in [1.54, 1.807) is 11.7 Å². The Bertz CT molecular complexity index is 518. The van der Waals surface area contributed by atoms with Gasteiger partial charge in [-0.2, -0.15) is 5.10 Å². The number of hydrogen-bond donors (Lipinski definition) is 1. The molecule has 0 aliphatic carbocycles. The van der Waals surface area contributed by atoms with Gasteiger partial charge in [0.1, 0.15) is 5.69 Å². The van der Waals surface area contributed by atoms with E-state index in [0.29, 0.717) is 17.9 Å². The summed E-state index contributed by atoms with van der Waals surface area (Å²) in [5, 5.41) is 19.2. The lowest BCUT2D eigenvalue weighted by atomic mass is 9.90. The molecule has 1 aliphatic rings. The van der Waals surface area contributed by atoms with Gasteiger partial charge in [-0.25, -0.2) is 4.68 Å². The lowest BCUT2D eigenvalue weighted by Gasteiger charge is -2.39. The molecule has 21 heavy (non-hydrogen) atoms. The zero-order valence-corrected chi connectivity index (χ0v) is 13.3. The Morgan fingerprint density at radius 2 is 2.05 bits per heavy atom. The molecule has 0 radical (unpaired) electrons. The normalized spacial score (nSPS) is 18.0. The zero-order valence-electron chi connectivity index (χ0n) is 13.3. The second-order valence-corrected chi connectivity index (χ2v) is 6.05. The molecule has 118 valence electrons. The van der Waals surface area contributed by atoms with Gasteiger partial charge in [-0.05, 0) is 33.2 Å². The monoisotopic (exact) mass is 295 g/mol. The highest BCUT2D eigenvalue weighted by Gasteiger charge is 2.35. The van der Waals surface area contributed by atoms with Gasteiger partial charge in [0, 0.05) is 25.7 Å². The van der Waals surface area contributed by atoms with Crippen molar-refractivity contribution in [2.75, 3.05) is 25.0 Å². The first-order chi connectivity index (χ1) is 9.91. The molecule has 2 heterocycles. The van der Waals surface area contributed by atoms with Crippen LogP contribution in [0.4, 0.5) is 11.5 Å². The van der Waals surface area contributed by atoms with Crippen LogP contribution in [0, 0.1) is 10.1 Å². The molecule has 0 aromatic carbocycles. The number of nitrogens with one attached hydrogen (secondary N) is 1. The van der Waals surface area contributed by atoms with Crippen LogP contribution < -0.4 is 10.2 Å². The molecule has 1 aromatic rings. The standard InChI is InChI=1S/C14H25N5O2/c1-5-6-11-12(19(20)21)13(17(4)16-11)18-9-7-14(2,15-3)8-10-18/h15H,5-10H2,1-4H3. The highest BCUT2D eigenvalue weighted by molar-refractivity contribution is 5.62. The van der Waals surface area contributed by atoms with E-state index in [1.807, 2.05) is 14.0 Å².